The topological polar surface area (TPSA) is 68.3 Å². The quantitative estimate of drug-likeness (QED) is 0.730. The minimum absolute atomic E-state index is 0.148. The number of aromatic nitrogens is 1. The third kappa shape index (κ3) is 6.54. The summed E-state index contributed by atoms with van der Waals surface area (Å²) >= 11 is 0. The Balaban J connectivity index is 2.56. The first-order chi connectivity index (χ1) is 8.92. The molecule has 0 amide bonds. The van der Waals surface area contributed by atoms with Crippen LogP contribution >= 0.6 is 0 Å². The van der Waals surface area contributed by atoms with Crippen LogP contribution in [0.1, 0.15) is 24.7 Å². The first kappa shape index (κ1) is 15.9. The smallest absolute Gasteiger partial charge is 0.147 e. The average Bonchev–Trinajstić information content (AvgIpc) is 2.32. The summed E-state index contributed by atoms with van der Waals surface area (Å²) in [6.45, 7) is 5.87. The molecule has 0 spiro atoms. The van der Waals surface area contributed by atoms with Crippen LogP contribution in [0, 0.1) is 6.92 Å². The minimum Gasteiger partial charge on any atom is -0.492 e. The number of sulfone groups is 1. The van der Waals surface area contributed by atoms with Crippen molar-refractivity contribution in [2.45, 2.75) is 26.8 Å². The molecule has 5 nitrogen and oxygen atoms in total. The largest absolute Gasteiger partial charge is 0.492 e. The summed E-state index contributed by atoms with van der Waals surface area (Å²) in [7, 11) is -2.92. The van der Waals surface area contributed by atoms with E-state index in [2.05, 4.69) is 10.3 Å². The van der Waals surface area contributed by atoms with Crippen LogP contribution in [0.3, 0.4) is 0 Å². The van der Waals surface area contributed by atoms with E-state index in [1.165, 1.54) is 6.26 Å². The van der Waals surface area contributed by atoms with Crippen molar-refractivity contribution in [2.75, 3.05) is 25.2 Å². The van der Waals surface area contributed by atoms with Crippen molar-refractivity contribution in [1.82, 2.24) is 10.3 Å². The molecule has 6 heteroatoms. The Labute approximate surface area is 115 Å². The molecule has 0 aliphatic rings. The molecule has 1 rings (SSSR count). The van der Waals surface area contributed by atoms with Gasteiger partial charge in [-0.2, -0.15) is 0 Å². The summed E-state index contributed by atoms with van der Waals surface area (Å²) in [6.07, 6.45) is 1.73. The van der Waals surface area contributed by atoms with Gasteiger partial charge in [0.05, 0.1) is 18.1 Å². The molecule has 0 fully saturated rings. The van der Waals surface area contributed by atoms with Crippen LogP contribution in [0.2, 0.25) is 0 Å². The van der Waals surface area contributed by atoms with E-state index in [-0.39, 0.29) is 5.75 Å². The van der Waals surface area contributed by atoms with Crippen molar-refractivity contribution in [3.63, 3.8) is 0 Å². The molecule has 1 N–H and O–H groups in total. The van der Waals surface area contributed by atoms with Gasteiger partial charge in [0.2, 0.25) is 0 Å². The highest BCUT2D eigenvalue weighted by molar-refractivity contribution is 7.90. The van der Waals surface area contributed by atoms with E-state index in [1.54, 1.807) is 0 Å². The zero-order chi connectivity index (χ0) is 14.3. The van der Waals surface area contributed by atoms with Gasteiger partial charge in [-0.15, -0.1) is 0 Å². The lowest BCUT2D eigenvalue weighted by molar-refractivity contribution is 0.311. The number of nitrogens with one attached hydrogen (secondary N) is 1. The van der Waals surface area contributed by atoms with Gasteiger partial charge in [0.15, 0.2) is 0 Å². The van der Waals surface area contributed by atoms with E-state index in [0.29, 0.717) is 19.6 Å². The van der Waals surface area contributed by atoms with Crippen LogP contribution in [-0.4, -0.2) is 38.6 Å². The third-order valence-corrected chi connectivity index (χ3v) is 3.56. The van der Waals surface area contributed by atoms with Crippen LogP contribution in [0.25, 0.3) is 0 Å². The maximum atomic E-state index is 11.0. The maximum Gasteiger partial charge on any atom is 0.147 e. The first-order valence-electron chi connectivity index (χ1n) is 6.40. The summed E-state index contributed by atoms with van der Waals surface area (Å²) in [6, 6.07) is 3.77. The molecule has 0 saturated heterocycles. The molecular weight excluding hydrogens is 264 g/mol. The Hall–Kier alpha value is -1.14. The maximum absolute atomic E-state index is 11.0. The van der Waals surface area contributed by atoms with E-state index in [1.807, 2.05) is 26.0 Å². The highest BCUT2D eigenvalue weighted by Crippen LogP contribution is 2.17. The second-order valence-corrected chi connectivity index (χ2v) is 6.77. The lowest BCUT2D eigenvalue weighted by Gasteiger charge is -2.11. The van der Waals surface area contributed by atoms with Crippen molar-refractivity contribution in [3.05, 3.63) is 23.5 Å². The highest BCUT2D eigenvalue weighted by atomic mass is 32.2. The molecule has 0 bridgehead atoms. The van der Waals surface area contributed by atoms with E-state index in [9.17, 15) is 8.42 Å². The number of hydrogen-bond donors (Lipinski definition) is 1. The number of rotatable bonds is 8. The standard InChI is InChI=1S/C13H22N2O3S/c1-4-14-10-12-13(7-6-11(2)15-12)18-8-5-9-19(3,16)17/h6-7,14H,4-5,8-10H2,1-3H3. The fourth-order valence-corrected chi connectivity index (χ4v) is 2.24. The SMILES string of the molecule is CCNCc1nc(C)ccc1OCCCS(C)(=O)=O. The van der Waals surface area contributed by atoms with Gasteiger partial charge in [0, 0.05) is 18.5 Å². The average molecular weight is 286 g/mol. The molecule has 0 saturated carbocycles. The molecule has 0 atom stereocenters. The van der Waals surface area contributed by atoms with Crippen molar-refractivity contribution < 1.29 is 13.2 Å². The van der Waals surface area contributed by atoms with Crippen molar-refractivity contribution in [1.29, 1.82) is 0 Å². The normalized spacial score (nSPS) is 11.5. The Morgan fingerprint density at radius 3 is 2.74 bits per heavy atom. The Morgan fingerprint density at radius 2 is 2.11 bits per heavy atom. The molecule has 1 aromatic rings. The third-order valence-electron chi connectivity index (χ3n) is 2.53. The summed E-state index contributed by atoms with van der Waals surface area (Å²) < 4.78 is 27.7. The van der Waals surface area contributed by atoms with Gasteiger partial charge in [-0.3, -0.25) is 4.98 Å². The number of aryl methyl sites for hydroxylation is 1. The van der Waals surface area contributed by atoms with E-state index in [4.69, 9.17) is 4.74 Å². The molecule has 0 aromatic carbocycles. The predicted molar refractivity (Wildman–Crippen MR) is 76.2 cm³/mol. The predicted octanol–water partition coefficient (Wildman–Crippen LogP) is 1.31. The van der Waals surface area contributed by atoms with E-state index >= 15 is 0 Å². The molecule has 0 radical (unpaired) electrons. The monoisotopic (exact) mass is 286 g/mol. The zero-order valence-electron chi connectivity index (χ0n) is 11.8. The molecular formula is C13H22N2O3S. The fourth-order valence-electron chi connectivity index (χ4n) is 1.60. The van der Waals surface area contributed by atoms with Crippen molar-refractivity contribution in [2.24, 2.45) is 0 Å². The summed E-state index contributed by atoms with van der Waals surface area (Å²) in [5.74, 6) is 0.870. The zero-order valence-corrected chi connectivity index (χ0v) is 12.6. The van der Waals surface area contributed by atoms with Gasteiger partial charge < -0.3 is 10.1 Å². The van der Waals surface area contributed by atoms with Crippen LogP contribution < -0.4 is 10.1 Å². The molecule has 0 aliphatic carbocycles. The molecule has 19 heavy (non-hydrogen) atoms. The second-order valence-electron chi connectivity index (χ2n) is 4.51. The molecule has 1 aromatic heterocycles. The number of pyridine rings is 1. The Bertz CT molecular complexity index is 501. The van der Waals surface area contributed by atoms with Gasteiger partial charge in [-0.05, 0) is 32.0 Å². The molecule has 1 heterocycles. The van der Waals surface area contributed by atoms with Crippen molar-refractivity contribution >= 4 is 9.84 Å². The van der Waals surface area contributed by atoms with Crippen LogP contribution in [0.15, 0.2) is 12.1 Å². The summed E-state index contributed by atoms with van der Waals surface area (Å²) in [5.41, 5.74) is 1.80. The fraction of sp³-hybridized carbons (Fsp3) is 0.615. The van der Waals surface area contributed by atoms with Crippen LogP contribution in [0.5, 0.6) is 5.75 Å². The number of ether oxygens (including phenoxy) is 1. The van der Waals surface area contributed by atoms with Crippen LogP contribution in [0.4, 0.5) is 0 Å². The van der Waals surface area contributed by atoms with Gasteiger partial charge in [-0.1, -0.05) is 6.92 Å². The number of nitrogens with zero attached hydrogens (tertiary/aromatic N) is 1. The molecule has 0 unspecified atom stereocenters. The lowest BCUT2D eigenvalue weighted by Crippen LogP contribution is -2.15. The summed E-state index contributed by atoms with van der Waals surface area (Å²) in [4.78, 5) is 4.43. The minimum atomic E-state index is -2.92. The molecule has 0 aliphatic heterocycles. The van der Waals surface area contributed by atoms with Gasteiger partial charge in [0.25, 0.3) is 0 Å². The first-order valence-corrected chi connectivity index (χ1v) is 8.46. The van der Waals surface area contributed by atoms with Crippen molar-refractivity contribution in [3.8, 4) is 5.75 Å². The van der Waals surface area contributed by atoms with Gasteiger partial charge in [0.1, 0.15) is 15.6 Å². The highest BCUT2D eigenvalue weighted by Gasteiger charge is 2.07. The molecule has 108 valence electrons. The Kier molecular flexibility index (Phi) is 6.24. The second kappa shape index (κ2) is 7.45. The Morgan fingerprint density at radius 1 is 1.37 bits per heavy atom. The summed E-state index contributed by atoms with van der Waals surface area (Å²) in [5, 5.41) is 3.21. The van der Waals surface area contributed by atoms with Gasteiger partial charge >= 0.3 is 0 Å². The van der Waals surface area contributed by atoms with E-state index in [0.717, 1.165) is 23.7 Å². The van der Waals surface area contributed by atoms with E-state index < -0.39 is 9.84 Å². The number of hydrogen-bond acceptors (Lipinski definition) is 5. The van der Waals surface area contributed by atoms with Gasteiger partial charge in [-0.25, -0.2) is 8.42 Å². The van der Waals surface area contributed by atoms with Crippen LogP contribution in [-0.2, 0) is 16.4 Å². The lowest BCUT2D eigenvalue weighted by atomic mass is 10.3.